The van der Waals surface area contributed by atoms with Gasteiger partial charge in [-0.25, -0.2) is 9.37 Å². The van der Waals surface area contributed by atoms with Crippen molar-refractivity contribution in [3.05, 3.63) is 78.2 Å². The van der Waals surface area contributed by atoms with E-state index in [1.807, 2.05) is 13.8 Å². The maximum atomic E-state index is 13.8. The molecule has 0 radical (unpaired) electrons. The summed E-state index contributed by atoms with van der Waals surface area (Å²) in [7, 11) is 0. The largest absolute Gasteiger partial charge is 0.491 e. The Balaban J connectivity index is 1.69. The molecule has 1 amide bonds. The minimum absolute atomic E-state index is 0.0858. The highest BCUT2D eigenvalue weighted by Crippen LogP contribution is 2.20. The van der Waals surface area contributed by atoms with Crippen molar-refractivity contribution in [2.45, 2.75) is 20.0 Å². The van der Waals surface area contributed by atoms with Crippen LogP contribution in [-0.4, -0.2) is 17.0 Å². The van der Waals surface area contributed by atoms with Gasteiger partial charge in [-0.3, -0.25) is 4.79 Å². The summed E-state index contributed by atoms with van der Waals surface area (Å²) in [4.78, 5) is 16.6. The second kappa shape index (κ2) is 8.31. The van der Waals surface area contributed by atoms with Crippen LogP contribution < -0.4 is 15.4 Å². The lowest BCUT2D eigenvalue weighted by Gasteiger charge is -2.11. The molecular formula is C21H20FN3O2. The van der Waals surface area contributed by atoms with E-state index in [0.717, 1.165) is 5.75 Å². The van der Waals surface area contributed by atoms with Gasteiger partial charge in [-0.05, 0) is 62.4 Å². The Kier molecular flexibility index (Phi) is 5.66. The predicted octanol–water partition coefficient (Wildman–Crippen LogP) is 5.00. The zero-order valence-electron chi connectivity index (χ0n) is 15.1. The quantitative estimate of drug-likeness (QED) is 0.645. The van der Waals surface area contributed by atoms with E-state index >= 15 is 0 Å². The maximum Gasteiger partial charge on any atom is 0.255 e. The highest BCUT2D eigenvalue weighted by Gasteiger charge is 2.09. The van der Waals surface area contributed by atoms with Crippen LogP contribution in [-0.2, 0) is 0 Å². The van der Waals surface area contributed by atoms with Crippen molar-refractivity contribution in [2.75, 3.05) is 10.6 Å². The third kappa shape index (κ3) is 5.04. The molecule has 27 heavy (non-hydrogen) atoms. The SMILES string of the molecule is CC(C)Oc1ccc(NC(=O)c2ccnc(Nc3ccccc3F)c2)cc1. The molecule has 6 heteroatoms. The summed E-state index contributed by atoms with van der Waals surface area (Å²) in [5.41, 5.74) is 1.35. The summed E-state index contributed by atoms with van der Waals surface area (Å²) in [6.07, 6.45) is 1.58. The molecule has 3 rings (SSSR count). The summed E-state index contributed by atoms with van der Waals surface area (Å²) < 4.78 is 19.3. The minimum atomic E-state index is -0.391. The number of ether oxygens (including phenoxy) is 1. The van der Waals surface area contributed by atoms with Gasteiger partial charge in [-0.1, -0.05) is 12.1 Å². The first-order valence-corrected chi connectivity index (χ1v) is 8.57. The Bertz CT molecular complexity index is 927. The summed E-state index contributed by atoms with van der Waals surface area (Å²) in [5.74, 6) is 0.445. The molecule has 0 saturated carbocycles. The number of anilines is 3. The number of halogens is 1. The number of pyridine rings is 1. The van der Waals surface area contributed by atoms with Gasteiger partial charge >= 0.3 is 0 Å². The van der Waals surface area contributed by atoms with Gasteiger partial charge in [0, 0.05) is 17.4 Å². The van der Waals surface area contributed by atoms with Crippen molar-refractivity contribution in [2.24, 2.45) is 0 Å². The molecule has 0 spiro atoms. The van der Waals surface area contributed by atoms with E-state index in [-0.39, 0.29) is 12.0 Å². The van der Waals surface area contributed by atoms with E-state index in [1.165, 1.54) is 12.3 Å². The minimum Gasteiger partial charge on any atom is -0.491 e. The van der Waals surface area contributed by atoms with E-state index in [2.05, 4.69) is 15.6 Å². The fourth-order valence-corrected chi connectivity index (χ4v) is 2.43. The Morgan fingerprint density at radius 2 is 1.81 bits per heavy atom. The number of aromatic nitrogens is 1. The lowest BCUT2D eigenvalue weighted by atomic mass is 10.2. The van der Waals surface area contributed by atoms with E-state index in [0.29, 0.717) is 22.8 Å². The zero-order valence-corrected chi connectivity index (χ0v) is 15.1. The number of amides is 1. The van der Waals surface area contributed by atoms with Crippen LogP contribution in [0.2, 0.25) is 0 Å². The van der Waals surface area contributed by atoms with Crippen molar-refractivity contribution in [3.8, 4) is 5.75 Å². The van der Waals surface area contributed by atoms with Crippen LogP contribution in [0.5, 0.6) is 5.75 Å². The van der Waals surface area contributed by atoms with E-state index in [1.54, 1.807) is 54.6 Å². The molecule has 0 fully saturated rings. The van der Waals surface area contributed by atoms with E-state index in [9.17, 15) is 9.18 Å². The number of hydrogen-bond donors (Lipinski definition) is 2. The van der Waals surface area contributed by atoms with Crippen LogP contribution in [0.1, 0.15) is 24.2 Å². The first kappa shape index (κ1) is 18.4. The second-order valence-electron chi connectivity index (χ2n) is 6.18. The van der Waals surface area contributed by atoms with Gasteiger partial charge in [-0.15, -0.1) is 0 Å². The summed E-state index contributed by atoms with van der Waals surface area (Å²) in [5, 5.41) is 5.69. The van der Waals surface area contributed by atoms with Gasteiger partial charge in [0.15, 0.2) is 0 Å². The summed E-state index contributed by atoms with van der Waals surface area (Å²) in [6.45, 7) is 3.90. The van der Waals surface area contributed by atoms with Gasteiger partial charge in [0.1, 0.15) is 17.4 Å². The normalized spacial score (nSPS) is 10.5. The Hall–Kier alpha value is -3.41. The molecule has 0 atom stereocenters. The standard InChI is InChI=1S/C21H20FN3O2/c1-14(2)27-17-9-7-16(8-10-17)24-21(26)15-11-12-23-20(13-15)25-19-6-4-3-5-18(19)22/h3-14H,1-2H3,(H,23,25)(H,24,26). The van der Waals surface area contributed by atoms with Crippen LogP contribution in [0.15, 0.2) is 66.9 Å². The molecule has 0 aliphatic heterocycles. The van der Waals surface area contributed by atoms with Gasteiger partial charge in [0.2, 0.25) is 0 Å². The topological polar surface area (TPSA) is 63.2 Å². The number of nitrogens with zero attached hydrogens (tertiary/aromatic N) is 1. The molecule has 0 aliphatic rings. The van der Waals surface area contributed by atoms with Gasteiger partial charge in [0.25, 0.3) is 5.91 Å². The van der Waals surface area contributed by atoms with Crippen LogP contribution >= 0.6 is 0 Å². The van der Waals surface area contributed by atoms with Crippen LogP contribution in [0.25, 0.3) is 0 Å². The fraction of sp³-hybridized carbons (Fsp3) is 0.143. The van der Waals surface area contributed by atoms with Crippen LogP contribution in [0.3, 0.4) is 0 Å². The van der Waals surface area contributed by atoms with Crippen molar-refractivity contribution in [1.82, 2.24) is 4.98 Å². The summed E-state index contributed by atoms with van der Waals surface area (Å²) in [6, 6.07) is 16.6. The number of carbonyl (C=O) groups excluding carboxylic acids is 1. The van der Waals surface area contributed by atoms with Crippen molar-refractivity contribution < 1.29 is 13.9 Å². The molecule has 0 unspecified atom stereocenters. The molecule has 1 aromatic heterocycles. The average Bonchev–Trinajstić information content (AvgIpc) is 2.65. The van der Waals surface area contributed by atoms with Gasteiger partial charge < -0.3 is 15.4 Å². The van der Waals surface area contributed by atoms with Crippen molar-refractivity contribution >= 4 is 23.1 Å². The highest BCUT2D eigenvalue weighted by molar-refractivity contribution is 6.04. The molecule has 5 nitrogen and oxygen atoms in total. The molecule has 0 aliphatic carbocycles. The number of benzene rings is 2. The van der Waals surface area contributed by atoms with E-state index in [4.69, 9.17) is 4.74 Å². The molecule has 0 bridgehead atoms. The Morgan fingerprint density at radius 3 is 2.52 bits per heavy atom. The summed E-state index contributed by atoms with van der Waals surface area (Å²) >= 11 is 0. The molecule has 138 valence electrons. The lowest BCUT2D eigenvalue weighted by molar-refractivity contribution is 0.102. The monoisotopic (exact) mass is 365 g/mol. The smallest absolute Gasteiger partial charge is 0.255 e. The molecular weight excluding hydrogens is 345 g/mol. The van der Waals surface area contributed by atoms with Crippen molar-refractivity contribution in [3.63, 3.8) is 0 Å². The highest BCUT2D eigenvalue weighted by atomic mass is 19.1. The predicted molar refractivity (Wildman–Crippen MR) is 104 cm³/mol. The number of carbonyl (C=O) groups is 1. The van der Waals surface area contributed by atoms with Crippen molar-refractivity contribution in [1.29, 1.82) is 0 Å². The number of rotatable bonds is 6. The Labute approximate surface area is 157 Å². The molecule has 1 heterocycles. The van der Waals surface area contributed by atoms with Gasteiger partial charge in [0.05, 0.1) is 11.8 Å². The average molecular weight is 365 g/mol. The van der Waals surface area contributed by atoms with E-state index < -0.39 is 5.82 Å². The first-order valence-electron chi connectivity index (χ1n) is 8.57. The number of para-hydroxylation sites is 1. The number of hydrogen-bond acceptors (Lipinski definition) is 4. The maximum absolute atomic E-state index is 13.8. The molecule has 0 saturated heterocycles. The third-order valence-electron chi connectivity index (χ3n) is 3.64. The first-order chi connectivity index (χ1) is 13.0. The van der Waals surface area contributed by atoms with Crippen LogP contribution in [0.4, 0.5) is 21.6 Å². The van der Waals surface area contributed by atoms with Crippen LogP contribution in [0, 0.1) is 5.82 Å². The lowest BCUT2D eigenvalue weighted by Crippen LogP contribution is -2.12. The van der Waals surface area contributed by atoms with Gasteiger partial charge in [-0.2, -0.15) is 0 Å². The third-order valence-corrected chi connectivity index (χ3v) is 3.64. The second-order valence-corrected chi connectivity index (χ2v) is 6.18. The molecule has 2 N–H and O–H groups in total. The zero-order chi connectivity index (χ0) is 19.2. The molecule has 2 aromatic carbocycles. The molecule has 3 aromatic rings. The Morgan fingerprint density at radius 1 is 1.07 bits per heavy atom. The number of nitrogens with one attached hydrogen (secondary N) is 2. The fourth-order valence-electron chi connectivity index (χ4n) is 2.43.